The molecule has 42 heavy (non-hydrogen) atoms. The van der Waals surface area contributed by atoms with Gasteiger partial charge in [0.1, 0.15) is 0 Å². The maximum Gasteiger partial charge on any atom is 0.0942 e. The molecule has 10 rings (SSSR count). The summed E-state index contributed by atoms with van der Waals surface area (Å²) in [6, 6.07) is 48.2. The van der Waals surface area contributed by atoms with Crippen LogP contribution in [0.25, 0.3) is 86.2 Å². The summed E-state index contributed by atoms with van der Waals surface area (Å²) in [6.07, 6.45) is 0. The van der Waals surface area contributed by atoms with Crippen molar-refractivity contribution in [2.45, 2.75) is 0 Å². The minimum Gasteiger partial charge on any atom is -0.150 e. The number of azo groups is 1. The van der Waals surface area contributed by atoms with Crippen LogP contribution in [0.5, 0.6) is 0 Å². The zero-order valence-electron chi connectivity index (χ0n) is 22.6. The predicted octanol–water partition coefficient (Wildman–Crippen LogP) is 12.2. The van der Waals surface area contributed by atoms with Crippen LogP contribution in [0.4, 0.5) is 11.4 Å². The number of hydrogen-bond donors (Lipinski definition) is 0. The molecule has 10 aromatic carbocycles. The first-order valence-electron chi connectivity index (χ1n) is 14.4. The van der Waals surface area contributed by atoms with E-state index in [0.29, 0.717) is 0 Å². The van der Waals surface area contributed by atoms with Crippen LogP contribution in [0.3, 0.4) is 0 Å². The van der Waals surface area contributed by atoms with Gasteiger partial charge in [0.25, 0.3) is 0 Å². The van der Waals surface area contributed by atoms with Gasteiger partial charge in [-0.25, -0.2) is 0 Å². The zero-order valence-corrected chi connectivity index (χ0v) is 22.6. The summed E-state index contributed by atoms with van der Waals surface area (Å²) in [7, 11) is 0. The van der Waals surface area contributed by atoms with Crippen LogP contribution in [-0.4, -0.2) is 0 Å². The molecule has 0 saturated carbocycles. The van der Waals surface area contributed by atoms with Gasteiger partial charge in [-0.1, -0.05) is 121 Å². The summed E-state index contributed by atoms with van der Waals surface area (Å²) in [6.45, 7) is 0. The lowest BCUT2D eigenvalue weighted by Crippen LogP contribution is -1.87. The standard InChI is InChI=1S/C40H22N2/c1-7-23-9-5-17-31-35(23)27(13-1)29-15-3-11-25-19-21-33(39(31)37(25)29)41-42-34-22-20-26-12-4-16-30-28-14-2-8-24-10-6-18-32(36(24)28)40(34)38(26)30/h1-22H. The first kappa shape index (κ1) is 22.1. The summed E-state index contributed by atoms with van der Waals surface area (Å²) in [4.78, 5) is 0. The van der Waals surface area contributed by atoms with E-state index in [2.05, 4.69) is 133 Å². The number of fused-ring (bicyclic) bond motifs is 4. The molecule has 192 valence electrons. The van der Waals surface area contributed by atoms with E-state index >= 15 is 0 Å². The number of hydrogen-bond acceptors (Lipinski definition) is 2. The molecule has 2 nitrogen and oxygen atoms in total. The summed E-state index contributed by atoms with van der Waals surface area (Å²) in [5, 5.41) is 30.0. The highest BCUT2D eigenvalue weighted by Gasteiger charge is 2.17. The minimum absolute atomic E-state index is 0.895. The molecule has 0 fully saturated rings. The highest BCUT2D eigenvalue weighted by atomic mass is 15.1. The molecular formula is C40H22N2. The van der Waals surface area contributed by atoms with Crippen molar-refractivity contribution in [3.8, 4) is 0 Å². The summed E-state index contributed by atoms with van der Waals surface area (Å²) < 4.78 is 0. The fourth-order valence-corrected chi connectivity index (χ4v) is 7.55. The molecule has 0 N–H and O–H groups in total. The average molecular weight is 531 g/mol. The maximum absolute atomic E-state index is 5.05. The van der Waals surface area contributed by atoms with E-state index in [4.69, 9.17) is 10.2 Å². The van der Waals surface area contributed by atoms with Crippen molar-refractivity contribution >= 4 is 97.6 Å². The third kappa shape index (κ3) is 2.78. The van der Waals surface area contributed by atoms with Gasteiger partial charge in [-0.3, -0.25) is 0 Å². The smallest absolute Gasteiger partial charge is 0.0942 e. The van der Waals surface area contributed by atoms with Crippen molar-refractivity contribution in [3.63, 3.8) is 0 Å². The van der Waals surface area contributed by atoms with E-state index in [0.717, 1.165) is 11.4 Å². The SMILES string of the molecule is c1cc2cccc3c4c(N=Nc5ccc6cccc7c8cccc9cccc(c5c67)c98)ccc5cccc(c(c1)c23)c54. The molecule has 0 unspecified atom stereocenters. The lowest BCUT2D eigenvalue weighted by molar-refractivity contribution is 1.26. The van der Waals surface area contributed by atoms with E-state index < -0.39 is 0 Å². The van der Waals surface area contributed by atoms with Gasteiger partial charge in [0, 0.05) is 10.8 Å². The van der Waals surface area contributed by atoms with Gasteiger partial charge >= 0.3 is 0 Å². The lowest BCUT2D eigenvalue weighted by Gasteiger charge is -2.16. The average Bonchev–Trinajstić information content (AvgIpc) is 3.05. The summed E-state index contributed by atoms with van der Waals surface area (Å²) >= 11 is 0. The summed E-state index contributed by atoms with van der Waals surface area (Å²) in [5.74, 6) is 0. The quantitative estimate of drug-likeness (QED) is 0.121. The lowest BCUT2D eigenvalue weighted by atomic mass is 9.89. The van der Waals surface area contributed by atoms with Gasteiger partial charge in [0.05, 0.1) is 11.4 Å². The van der Waals surface area contributed by atoms with E-state index in [9.17, 15) is 0 Å². The Morgan fingerprint density at radius 2 is 0.548 bits per heavy atom. The van der Waals surface area contributed by atoms with Gasteiger partial charge in [0.15, 0.2) is 0 Å². The molecule has 0 radical (unpaired) electrons. The van der Waals surface area contributed by atoms with Crippen molar-refractivity contribution in [3.05, 3.63) is 133 Å². The molecule has 10 aromatic rings. The van der Waals surface area contributed by atoms with E-state index in [-0.39, 0.29) is 0 Å². The monoisotopic (exact) mass is 530 g/mol. The Morgan fingerprint density at radius 1 is 0.238 bits per heavy atom. The van der Waals surface area contributed by atoms with Gasteiger partial charge in [-0.05, 0) is 87.5 Å². The Hall–Kier alpha value is -5.60. The molecular weight excluding hydrogens is 508 g/mol. The second kappa shape index (κ2) is 7.99. The van der Waals surface area contributed by atoms with Crippen LogP contribution < -0.4 is 0 Å². The normalized spacial score (nSPS) is 12.7. The first-order valence-corrected chi connectivity index (χ1v) is 14.4. The molecule has 0 atom stereocenters. The molecule has 0 aliphatic rings. The minimum atomic E-state index is 0.895. The molecule has 0 heterocycles. The van der Waals surface area contributed by atoms with Crippen molar-refractivity contribution in [2.24, 2.45) is 10.2 Å². The molecule has 2 heteroatoms. The molecule has 0 saturated heterocycles. The highest BCUT2D eigenvalue weighted by Crippen LogP contribution is 2.46. The van der Waals surface area contributed by atoms with E-state index in [1.54, 1.807) is 0 Å². The van der Waals surface area contributed by atoms with Crippen LogP contribution >= 0.6 is 0 Å². The first-order chi connectivity index (χ1) is 20.8. The van der Waals surface area contributed by atoms with E-state index in [1.807, 2.05) is 0 Å². The number of nitrogens with zero attached hydrogens (tertiary/aromatic N) is 2. The van der Waals surface area contributed by atoms with Crippen molar-refractivity contribution in [2.75, 3.05) is 0 Å². The Bertz CT molecular complexity index is 2530. The van der Waals surface area contributed by atoms with Crippen molar-refractivity contribution < 1.29 is 0 Å². The van der Waals surface area contributed by atoms with Gasteiger partial charge in [-0.15, -0.1) is 10.2 Å². The molecule has 0 spiro atoms. The Balaban J connectivity index is 1.32. The van der Waals surface area contributed by atoms with Crippen LogP contribution in [0.15, 0.2) is 144 Å². The molecule has 0 aliphatic heterocycles. The fourth-order valence-electron chi connectivity index (χ4n) is 7.55. The Kier molecular flexibility index (Phi) is 4.21. The fraction of sp³-hybridized carbons (Fsp3) is 0. The number of rotatable bonds is 2. The van der Waals surface area contributed by atoms with Crippen LogP contribution in [-0.2, 0) is 0 Å². The van der Waals surface area contributed by atoms with Crippen molar-refractivity contribution in [1.29, 1.82) is 0 Å². The molecule has 0 bridgehead atoms. The van der Waals surface area contributed by atoms with Crippen LogP contribution in [0.2, 0.25) is 0 Å². The molecule has 0 amide bonds. The third-order valence-electron chi connectivity index (χ3n) is 9.24. The largest absolute Gasteiger partial charge is 0.150 e. The Labute approximate surface area is 240 Å². The second-order valence-corrected chi connectivity index (χ2v) is 11.3. The van der Waals surface area contributed by atoms with Crippen LogP contribution in [0, 0.1) is 0 Å². The molecule has 0 aliphatic carbocycles. The topological polar surface area (TPSA) is 24.7 Å². The highest BCUT2D eigenvalue weighted by molar-refractivity contribution is 6.36. The van der Waals surface area contributed by atoms with Crippen LogP contribution in [0.1, 0.15) is 0 Å². The third-order valence-corrected chi connectivity index (χ3v) is 9.24. The van der Waals surface area contributed by atoms with E-state index in [1.165, 1.54) is 86.2 Å². The Morgan fingerprint density at radius 3 is 0.929 bits per heavy atom. The second-order valence-electron chi connectivity index (χ2n) is 11.3. The zero-order chi connectivity index (χ0) is 27.4. The number of benzene rings is 10. The van der Waals surface area contributed by atoms with Gasteiger partial charge in [0.2, 0.25) is 0 Å². The molecule has 0 aromatic heterocycles. The van der Waals surface area contributed by atoms with Crippen molar-refractivity contribution in [1.82, 2.24) is 0 Å². The maximum atomic E-state index is 5.05. The predicted molar refractivity (Wildman–Crippen MR) is 179 cm³/mol. The van der Waals surface area contributed by atoms with Gasteiger partial charge < -0.3 is 0 Å². The summed E-state index contributed by atoms with van der Waals surface area (Å²) in [5.41, 5.74) is 1.79. The van der Waals surface area contributed by atoms with Gasteiger partial charge in [-0.2, -0.15) is 0 Å².